The Hall–Kier alpha value is -5.15. The first kappa shape index (κ1) is 47.3. The summed E-state index contributed by atoms with van der Waals surface area (Å²) in [4.78, 5) is 13.8. The van der Waals surface area contributed by atoms with Crippen molar-refractivity contribution in [2.75, 3.05) is 48.3 Å². The average molecular weight is 934 g/mol. The molecule has 10 nitrogen and oxygen atoms in total. The number of benzene rings is 2. The van der Waals surface area contributed by atoms with Gasteiger partial charge in [-0.3, -0.25) is 4.68 Å². The molecule has 0 radical (unpaired) electrons. The molecule has 4 N–H and O–H groups in total. The van der Waals surface area contributed by atoms with Crippen LogP contribution in [0.25, 0.3) is 16.6 Å². The molecule has 6 heterocycles. The summed E-state index contributed by atoms with van der Waals surface area (Å²) >= 11 is 6.69. The van der Waals surface area contributed by atoms with Crippen LogP contribution in [0.4, 0.5) is 45.1 Å². The Labute approximate surface area is 389 Å². The topological polar surface area (TPSA) is 98.2 Å². The average Bonchev–Trinajstić information content (AvgIpc) is 4.09. The summed E-state index contributed by atoms with van der Waals surface area (Å²) in [5.74, 6) is -0.387. The summed E-state index contributed by atoms with van der Waals surface area (Å²) in [5.41, 5.74) is 10.6. The van der Waals surface area contributed by atoms with Crippen molar-refractivity contribution in [1.82, 2.24) is 35.7 Å². The summed E-state index contributed by atoms with van der Waals surface area (Å²) < 4.78 is 61.8. The lowest BCUT2D eigenvalue weighted by molar-refractivity contribution is -0.0441. The van der Waals surface area contributed by atoms with Gasteiger partial charge < -0.3 is 31.1 Å². The maximum Gasteiger partial charge on any atom is 0.379 e. The molecule has 5 aliphatic rings. The number of anilines is 4. The number of fused-ring (bicyclic) bond motifs is 3. The van der Waals surface area contributed by atoms with Crippen LogP contribution in [0.1, 0.15) is 106 Å². The zero-order valence-electron chi connectivity index (χ0n) is 38.2. The van der Waals surface area contributed by atoms with Crippen LogP contribution in [0.3, 0.4) is 0 Å². The second-order valence-corrected chi connectivity index (χ2v) is 19.0. The van der Waals surface area contributed by atoms with Crippen LogP contribution < -0.4 is 31.1 Å². The number of allylic oxidation sites excluding steroid dienone is 3. The number of rotatable bonds is 13. The fraction of sp³-hybridized carbons (Fsp3) is 0.500. The number of nitrogens with zero attached hydrogens (tertiary/aromatic N) is 6. The molecule has 16 heteroatoms. The molecule has 2 saturated heterocycles. The van der Waals surface area contributed by atoms with Crippen LogP contribution in [-0.4, -0.2) is 71.6 Å². The Balaban J connectivity index is 0.00000142. The Kier molecular flexibility index (Phi) is 14.3. The minimum atomic E-state index is -3.67. The standard InChI is InChI=1S/C49H61ClF2N10.CHF3/c1-7-8-33(35-12-15-39-43(25-35)61(6)59-45(39)37-14-9-29(2)55-30(37)3)18-22-53-27-32-19-23-62(24-20-32)48-54-28-41(50)47(58-48)56-36-13-16-42-40(26-36)44-38(31(4)60(42)5)17-21-49(51,52)46(57-44)34-10-11-34;2-1(3)4/h12-13,15-16,25-26,28,32-34,37,46,53,55,57H,2-4,7-11,14,17-24,27H2,1,5-6H3,(H,54,56,58);1H. The minimum absolute atomic E-state index is 0.0134. The van der Waals surface area contributed by atoms with E-state index in [0.717, 1.165) is 135 Å². The van der Waals surface area contributed by atoms with E-state index >= 15 is 8.78 Å². The summed E-state index contributed by atoms with van der Waals surface area (Å²) in [7, 11) is 4.00. The van der Waals surface area contributed by atoms with Crippen LogP contribution in [0.5, 0.6) is 0 Å². The van der Waals surface area contributed by atoms with Gasteiger partial charge in [0.15, 0.2) is 5.82 Å². The predicted octanol–water partition coefficient (Wildman–Crippen LogP) is 11.7. The molecule has 1 aliphatic carbocycles. The molecule has 3 unspecified atom stereocenters. The smallest absolute Gasteiger partial charge is 0.375 e. The molecule has 1 saturated carbocycles. The van der Waals surface area contributed by atoms with Crippen molar-refractivity contribution in [3.8, 4) is 0 Å². The van der Waals surface area contributed by atoms with Crippen molar-refractivity contribution in [2.24, 2.45) is 18.9 Å². The Bertz CT molecular complexity index is 2470. The van der Waals surface area contributed by atoms with Gasteiger partial charge in [-0.15, -0.1) is 0 Å². The van der Waals surface area contributed by atoms with Gasteiger partial charge in [-0.05, 0) is 124 Å². The first-order valence-electron chi connectivity index (χ1n) is 23.3. The fourth-order valence-electron chi connectivity index (χ4n) is 10.3. The molecule has 3 fully saturated rings. The van der Waals surface area contributed by atoms with Gasteiger partial charge >= 0.3 is 6.68 Å². The number of alkyl halides is 5. The molecular weight excluding hydrogens is 871 g/mol. The van der Waals surface area contributed by atoms with E-state index in [1.165, 1.54) is 16.5 Å². The fourth-order valence-corrected chi connectivity index (χ4v) is 10.4. The van der Waals surface area contributed by atoms with Crippen molar-refractivity contribution in [2.45, 2.75) is 108 Å². The lowest BCUT2D eigenvalue weighted by Crippen LogP contribution is -2.45. The van der Waals surface area contributed by atoms with Crippen molar-refractivity contribution in [3.05, 3.63) is 107 Å². The molecule has 4 aliphatic heterocycles. The van der Waals surface area contributed by atoms with Crippen molar-refractivity contribution >= 4 is 51.3 Å². The van der Waals surface area contributed by atoms with Crippen molar-refractivity contribution in [1.29, 1.82) is 0 Å². The number of likely N-dealkylation sites (N-methyl/N-ethyl adjacent to an activating group) is 1. The van der Waals surface area contributed by atoms with Gasteiger partial charge in [0, 0.05) is 78.9 Å². The number of aryl methyl sites for hydroxylation is 1. The molecule has 0 spiro atoms. The quantitative estimate of drug-likeness (QED) is 0.0772. The summed E-state index contributed by atoms with van der Waals surface area (Å²) in [6, 6.07) is 12.1. The molecule has 4 aromatic rings. The van der Waals surface area contributed by atoms with E-state index in [0.29, 0.717) is 28.6 Å². The number of hydrogen-bond donors (Lipinski definition) is 4. The molecule has 0 bridgehead atoms. The highest BCUT2D eigenvalue weighted by atomic mass is 35.5. The lowest BCUT2D eigenvalue weighted by atomic mass is 9.88. The van der Waals surface area contributed by atoms with Crippen LogP contribution in [0.2, 0.25) is 5.02 Å². The summed E-state index contributed by atoms with van der Waals surface area (Å²) in [6.45, 7) is 15.0. The first-order valence-corrected chi connectivity index (χ1v) is 23.7. The Morgan fingerprint density at radius 1 is 0.970 bits per heavy atom. The molecule has 9 rings (SSSR count). The third-order valence-electron chi connectivity index (χ3n) is 14.1. The molecule has 0 amide bonds. The number of halogens is 6. The third-order valence-corrected chi connectivity index (χ3v) is 14.3. The van der Waals surface area contributed by atoms with Crippen molar-refractivity contribution < 1.29 is 22.0 Å². The van der Waals surface area contributed by atoms with Gasteiger partial charge in [0.2, 0.25) is 5.95 Å². The summed E-state index contributed by atoms with van der Waals surface area (Å²) in [5, 5.41) is 20.5. The zero-order valence-corrected chi connectivity index (χ0v) is 38.9. The second kappa shape index (κ2) is 20.0. The molecule has 3 atom stereocenters. The maximum absolute atomic E-state index is 15.4. The molecule has 2 aromatic heterocycles. The maximum atomic E-state index is 15.4. The van der Waals surface area contributed by atoms with Crippen LogP contribution in [0.15, 0.2) is 85.0 Å². The number of aromatic nitrogens is 4. The highest BCUT2D eigenvalue weighted by molar-refractivity contribution is 6.32. The van der Waals surface area contributed by atoms with E-state index in [1.807, 2.05) is 34.8 Å². The van der Waals surface area contributed by atoms with E-state index in [9.17, 15) is 13.2 Å². The third kappa shape index (κ3) is 10.4. The summed E-state index contributed by atoms with van der Waals surface area (Å²) in [6.07, 6.45) is 10.8. The van der Waals surface area contributed by atoms with E-state index in [-0.39, 0.29) is 24.7 Å². The number of hydrogen-bond acceptors (Lipinski definition) is 9. The van der Waals surface area contributed by atoms with Gasteiger partial charge in [0.25, 0.3) is 5.92 Å². The Morgan fingerprint density at radius 3 is 2.44 bits per heavy atom. The van der Waals surface area contributed by atoms with Gasteiger partial charge in [-0.2, -0.15) is 23.3 Å². The van der Waals surface area contributed by atoms with E-state index in [4.69, 9.17) is 21.7 Å². The second-order valence-electron chi connectivity index (χ2n) is 18.6. The van der Waals surface area contributed by atoms with Crippen LogP contribution in [-0.2, 0) is 7.05 Å². The van der Waals surface area contributed by atoms with Gasteiger partial charge in [0.1, 0.15) is 5.02 Å². The SMILES string of the molecule is C=C1CCC(c2nn(C)c3cc(C(CCC)CCNCC4CCN(c5ncc(Cl)c(Nc6ccc7c(c6)C6=C(CCC(F)(F)C(C8CC8)N6)C(=C)N7C)n5)CC4)ccc23)C(=C)N1.FC(F)F. The molecule has 66 heavy (non-hydrogen) atoms. The highest BCUT2D eigenvalue weighted by Gasteiger charge is 2.50. The Morgan fingerprint density at radius 2 is 1.73 bits per heavy atom. The number of piperidine rings is 2. The van der Waals surface area contributed by atoms with Gasteiger partial charge in [-0.1, -0.05) is 56.8 Å². The lowest BCUT2D eigenvalue weighted by Gasteiger charge is -2.34. The van der Waals surface area contributed by atoms with Gasteiger partial charge in [-0.25, -0.2) is 13.8 Å². The molecule has 2 aromatic carbocycles. The van der Waals surface area contributed by atoms with E-state index in [2.05, 4.69) is 83.1 Å². The van der Waals surface area contributed by atoms with Crippen LogP contribution in [0, 0.1) is 11.8 Å². The largest absolute Gasteiger partial charge is 0.379 e. The van der Waals surface area contributed by atoms with Crippen LogP contribution >= 0.6 is 11.6 Å². The predicted molar refractivity (Wildman–Crippen MR) is 256 cm³/mol. The zero-order chi connectivity index (χ0) is 46.9. The van der Waals surface area contributed by atoms with Crippen molar-refractivity contribution in [3.63, 3.8) is 0 Å². The monoisotopic (exact) mass is 932 g/mol. The number of nitrogens with one attached hydrogen (secondary N) is 4. The molecular formula is C50H62ClF5N10. The van der Waals surface area contributed by atoms with E-state index < -0.39 is 18.6 Å². The molecule has 354 valence electrons. The minimum Gasteiger partial charge on any atom is -0.375 e. The first-order chi connectivity index (χ1) is 31.6. The van der Waals surface area contributed by atoms with E-state index in [1.54, 1.807) is 6.20 Å². The normalized spacial score (nSPS) is 21.5. The highest BCUT2D eigenvalue weighted by Crippen LogP contribution is 2.49. The van der Waals surface area contributed by atoms with Gasteiger partial charge in [0.05, 0.1) is 29.1 Å².